The number of hydrogen-bond donors (Lipinski definition) is 1. The maximum absolute atomic E-state index is 13.1. The van der Waals surface area contributed by atoms with Crippen LogP contribution in [0.5, 0.6) is 0 Å². The van der Waals surface area contributed by atoms with Gasteiger partial charge in [-0.3, -0.25) is 9.03 Å². The Morgan fingerprint density at radius 1 is 0.971 bits per heavy atom. The maximum atomic E-state index is 13.1. The van der Waals surface area contributed by atoms with Gasteiger partial charge in [0.25, 0.3) is 20.0 Å². The summed E-state index contributed by atoms with van der Waals surface area (Å²) in [6.07, 6.45) is 0. The Kier molecular flexibility index (Phi) is 6.14. The number of benzene rings is 3. The number of ether oxygens (including phenoxy) is 1. The zero-order chi connectivity index (χ0) is 24.6. The molecule has 0 radical (unpaired) electrons. The van der Waals surface area contributed by atoms with Crippen LogP contribution in [0.4, 0.5) is 11.4 Å². The van der Waals surface area contributed by atoms with Crippen LogP contribution in [-0.2, 0) is 24.8 Å². The Bertz CT molecular complexity index is 1640. The standard InChI is InChI=1S/C24H20ClN3O5S2/c25-21-15-20(28-12-13-33-16-34(28,29)30)9-11-24(21)35(31,32)27-19-6-3-5-18(14-19)23-10-8-17-4-1-2-7-22(17)26-23/h1-11,14-15,27H,12-13,16H2. The van der Waals surface area contributed by atoms with E-state index in [-0.39, 0.29) is 28.8 Å². The molecule has 35 heavy (non-hydrogen) atoms. The van der Waals surface area contributed by atoms with Crippen molar-refractivity contribution in [1.29, 1.82) is 0 Å². The average Bonchev–Trinajstić information content (AvgIpc) is 2.83. The number of pyridine rings is 1. The van der Waals surface area contributed by atoms with E-state index in [1.54, 1.807) is 18.2 Å². The number of sulfonamides is 2. The van der Waals surface area contributed by atoms with Crippen molar-refractivity contribution in [3.05, 3.63) is 83.9 Å². The first-order valence-electron chi connectivity index (χ1n) is 10.6. The third-order valence-electron chi connectivity index (χ3n) is 5.51. The molecule has 0 bridgehead atoms. The highest BCUT2D eigenvalue weighted by atomic mass is 35.5. The summed E-state index contributed by atoms with van der Waals surface area (Å²) in [5, 5.41) is 0.917. The number of para-hydroxylation sites is 1. The van der Waals surface area contributed by atoms with Crippen LogP contribution in [0.25, 0.3) is 22.2 Å². The summed E-state index contributed by atoms with van der Waals surface area (Å²) in [7, 11) is -7.70. The molecule has 1 aliphatic heterocycles. The summed E-state index contributed by atoms with van der Waals surface area (Å²) < 4.78 is 59.4. The van der Waals surface area contributed by atoms with Crippen molar-refractivity contribution in [2.45, 2.75) is 4.90 Å². The molecule has 180 valence electrons. The number of fused-ring (bicyclic) bond motifs is 1. The van der Waals surface area contributed by atoms with Gasteiger partial charge >= 0.3 is 0 Å². The highest BCUT2D eigenvalue weighted by Gasteiger charge is 2.28. The Labute approximate surface area is 208 Å². The van der Waals surface area contributed by atoms with E-state index in [2.05, 4.69) is 9.71 Å². The summed E-state index contributed by atoms with van der Waals surface area (Å²) in [6.45, 7) is 0.361. The average molecular weight is 530 g/mol. The monoisotopic (exact) mass is 529 g/mol. The van der Waals surface area contributed by atoms with E-state index in [1.807, 2.05) is 42.5 Å². The number of nitrogens with zero attached hydrogens (tertiary/aromatic N) is 2. The van der Waals surface area contributed by atoms with Gasteiger partial charge in [-0.05, 0) is 42.5 Å². The van der Waals surface area contributed by atoms with Gasteiger partial charge in [0.05, 0.1) is 35.1 Å². The van der Waals surface area contributed by atoms with E-state index in [4.69, 9.17) is 16.3 Å². The van der Waals surface area contributed by atoms with Crippen LogP contribution >= 0.6 is 11.6 Å². The Hall–Kier alpha value is -3.18. The lowest BCUT2D eigenvalue weighted by molar-refractivity contribution is 0.175. The number of nitrogens with one attached hydrogen (secondary N) is 1. The predicted molar refractivity (Wildman–Crippen MR) is 137 cm³/mol. The van der Waals surface area contributed by atoms with Gasteiger partial charge in [0.2, 0.25) is 0 Å². The molecule has 5 rings (SSSR count). The largest absolute Gasteiger partial charge is 0.362 e. The summed E-state index contributed by atoms with van der Waals surface area (Å²) in [4.78, 5) is 4.50. The van der Waals surface area contributed by atoms with Gasteiger partial charge in [0, 0.05) is 16.6 Å². The second kappa shape index (κ2) is 9.12. The van der Waals surface area contributed by atoms with Crippen molar-refractivity contribution in [2.75, 3.05) is 28.1 Å². The van der Waals surface area contributed by atoms with Crippen molar-refractivity contribution in [3.63, 3.8) is 0 Å². The number of anilines is 2. The zero-order valence-electron chi connectivity index (χ0n) is 18.3. The molecule has 1 saturated heterocycles. The predicted octanol–water partition coefficient (Wildman–Crippen LogP) is 4.48. The highest BCUT2D eigenvalue weighted by molar-refractivity contribution is 7.93. The molecule has 1 fully saturated rings. The molecule has 1 aromatic heterocycles. The third kappa shape index (κ3) is 4.83. The third-order valence-corrected chi connectivity index (χ3v) is 8.90. The zero-order valence-corrected chi connectivity index (χ0v) is 20.6. The number of aromatic nitrogens is 1. The second-order valence-electron chi connectivity index (χ2n) is 7.90. The summed E-state index contributed by atoms with van der Waals surface area (Å²) in [6, 6.07) is 22.5. The first kappa shape index (κ1) is 23.6. The molecule has 2 heterocycles. The van der Waals surface area contributed by atoms with Gasteiger partial charge in [-0.25, -0.2) is 21.8 Å². The molecule has 11 heteroatoms. The van der Waals surface area contributed by atoms with E-state index in [0.29, 0.717) is 11.4 Å². The van der Waals surface area contributed by atoms with E-state index in [1.165, 1.54) is 18.2 Å². The first-order chi connectivity index (χ1) is 16.7. The van der Waals surface area contributed by atoms with Crippen molar-refractivity contribution in [2.24, 2.45) is 0 Å². The molecular weight excluding hydrogens is 510 g/mol. The van der Waals surface area contributed by atoms with Crippen molar-refractivity contribution in [1.82, 2.24) is 4.98 Å². The van der Waals surface area contributed by atoms with Gasteiger partial charge in [0.15, 0.2) is 5.94 Å². The van der Waals surface area contributed by atoms with Crippen molar-refractivity contribution in [3.8, 4) is 11.3 Å². The molecule has 0 atom stereocenters. The molecule has 0 aliphatic carbocycles. The molecular formula is C24H20ClN3O5S2. The van der Waals surface area contributed by atoms with Crippen molar-refractivity contribution >= 4 is 53.9 Å². The molecule has 0 unspecified atom stereocenters. The fraction of sp³-hybridized carbons (Fsp3) is 0.125. The fourth-order valence-electron chi connectivity index (χ4n) is 3.85. The first-order valence-corrected chi connectivity index (χ1v) is 14.1. The van der Waals surface area contributed by atoms with Crippen molar-refractivity contribution < 1.29 is 21.6 Å². The number of halogens is 1. The lowest BCUT2D eigenvalue weighted by Gasteiger charge is -2.28. The van der Waals surface area contributed by atoms with Crippen LogP contribution in [0.15, 0.2) is 83.8 Å². The van der Waals surface area contributed by atoms with Crippen LogP contribution < -0.4 is 9.03 Å². The van der Waals surface area contributed by atoms with E-state index in [9.17, 15) is 16.8 Å². The smallest absolute Gasteiger partial charge is 0.263 e. The Morgan fingerprint density at radius 2 is 1.80 bits per heavy atom. The molecule has 1 N–H and O–H groups in total. The maximum Gasteiger partial charge on any atom is 0.263 e. The lowest BCUT2D eigenvalue weighted by atomic mass is 10.1. The van der Waals surface area contributed by atoms with Gasteiger partial charge in [-0.2, -0.15) is 0 Å². The molecule has 3 aromatic carbocycles. The quantitative estimate of drug-likeness (QED) is 0.408. The molecule has 0 amide bonds. The second-order valence-corrected chi connectivity index (χ2v) is 11.8. The summed E-state index contributed by atoms with van der Waals surface area (Å²) in [5.74, 6) is -0.436. The minimum absolute atomic E-state index is 0.0935. The minimum Gasteiger partial charge on any atom is -0.362 e. The van der Waals surface area contributed by atoms with Crippen LogP contribution in [0, 0.1) is 0 Å². The van der Waals surface area contributed by atoms with Gasteiger partial charge in [-0.1, -0.05) is 48.0 Å². The summed E-state index contributed by atoms with van der Waals surface area (Å²) >= 11 is 6.29. The number of rotatable bonds is 5. The van der Waals surface area contributed by atoms with Crippen LogP contribution in [0.3, 0.4) is 0 Å². The van der Waals surface area contributed by atoms with E-state index in [0.717, 1.165) is 20.8 Å². The molecule has 0 spiro atoms. The highest BCUT2D eigenvalue weighted by Crippen LogP contribution is 2.31. The van der Waals surface area contributed by atoms with Crippen LogP contribution in [-0.4, -0.2) is 40.9 Å². The molecule has 8 nitrogen and oxygen atoms in total. The number of hydrogen-bond acceptors (Lipinski definition) is 6. The van der Waals surface area contributed by atoms with E-state index < -0.39 is 26.0 Å². The Balaban J connectivity index is 1.42. The minimum atomic E-state index is -4.05. The molecule has 4 aromatic rings. The van der Waals surface area contributed by atoms with Gasteiger partial charge in [-0.15, -0.1) is 0 Å². The topological polar surface area (TPSA) is 106 Å². The molecule has 0 saturated carbocycles. The summed E-state index contributed by atoms with van der Waals surface area (Å²) in [5.41, 5.74) is 2.91. The Morgan fingerprint density at radius 3 is 2.60 bits per heavy atom. The van der Waals surface area contributed by atoms with Gasteiger partial charge in [0.1, 0.15) is 4.90 Å². The SMILES string of the molecule is O=S(=O)(Nc1cccc(-c2ccc3ccccc3n2)c1)c1ccc(N2CCOCS2(=O)=O)cc1Cl. The van der Waals surface area contributed by atoms with Crippen LogP contribution in [0.1, 0.15) is 0 Å². The normalized spacial score (nSPS) is 15.7. The van der Waals surface area contributed by atoms with E-state index >= 15 is 0 Å². The van der Waals surface area contributed by atoms with Crippen LogP contribution in [0.2, 0.25) is 5.02 Å². The van der Waals surface area contributed by atoms with Gasteiger partial charge < -0.3 is 4.74 Å². The lowest BCUT2D eigenvalue weighted by Crippen LogP contribution is -2.41. The molecule has 1 aliphatic rings. The fourth-order valence-corrected chi connectivity index (χ4v) is 6.68.